The lowest BCUT2D eigenvalue weighted by Gasteiger charge is -2.18. The maximum Gasteiger partial charge on any atom is 0.326 e. The van der Waals surface area contributed by atoms with E-state index in [1.165, 1.54) is 12.4 Å². The van der Waals surface area contributed by atoms with Gasteiger partial charge in [0.2, 0.25) is 0 Å². The summed E-state index contributed by atoms with van der Waals surface area (Å²) in [6.45, 7) is 3.85. The molecule has 3 aromatic rings. The van der Waals surface area contributed by atoms with Crippen molar-refractivity contribution in [1.29, 1.82) is 0 Å². The van der Waals surface area contributed by atoms with Gasteiger partial charge < -0.3 is 15.7 Å². The third-order valence-electron chi connectivity index (χ3n) is 4.84. The minimum atomic E-state index is -0.977. The molecule has 2 aromatic heterocycles. The van der Waals surface area contributed by atoms with Crippen LogP contribution in [0, 0.1) is 6.92 Å². The number of carbonyl (C=O) groups is 2. The van der Waals surface area contributed by atoms with Gasteiger partial charge in [-0.25, -0.2) is 9.78 Å². The lowest BCUT2D eigenvalue weighted by molar-refractivity contribution is -0.137. The van der Waals surface area contributed by atoms with Gasteiger partial charge in [-0.05, 0) is 42.7 Å². The molecule has 2 heterocycles. The molecule has 9 heteroatoms. The highest BCUT2D eigenvalue weighted by Gasteiger charge is 2.20. The molecule has 0 spiro atoms. The zero-order valence-electron chi connectivity index (χ0n) is 17.5. The topological polar surface area (TPSA) is 104 Å². The van der Waals surface area contributed by atoms with Crippen molar-refractivity contribution in [2.45, 2.75) is 32.7 Å². The minimum absolute atomic E-state index is 0.139. The fourth-order valence-electron chi connectivity index (χ4n) is 3.14. The van der Waals surface area contributed by atoms with Crippen LogP contribution in [0.3, 0.4) is 0 Å². The second kappa shape index (κ2) is 10.4. The molecule has 1 amide bonds. The Kier molecular flexibility index (Phi) is 7.66. The predicted octanol–water partition coefficient (Wildman–Crippen LogP) is 5.01. The van der Waals surface area contributed by atoms with E-state index in [1.54, 1.807) is 24.3 Å². The molecule has 7 nitrogen and oxygen atoms in total. The SMILES string of the molecule is CCc1ccc(C)nc1NC(Cc1ccc(NC(=O)c2c(Cl)cncc2Cl)cc1)C(=O)O. The van der Waals surface area contributed by atoms with Gasteiger partial charge in [-0.15, -0.1) is 0 Å². The number of aliphatic carboxylic acids is 1. The summed E-state index contributed by atoms with van der Waals surface area (Å²) in [5, 5.41) is 15.8. The highest BCUT2D eigenvalue weighted by molar-refractivity contribution is 6.40. The van der Waals surface area contributed by atoms with Gasteiger partial charge >= 0.3 is 5.97 Å². The van der Waals surface area contributed by atoms with Crippen molar-refractivity contribution in [2.75, 3.05) is 10.6 Å². The van der Waals surface area contributed by atoms with Crippen LogP contribution in [0.15, 0.2) is 48.8 Å². The average Bonchev–Trinajstić information content (AvgIpc) is 2.74. The predicted molar refractivity (Wildman–Crippen MR) is 126 cm³/mol. The normalized spacial score (nSPS) is 11.6. The quantitative estimate of drug-likeness (QED) is 0.425. The first-order chi connectivity index (χ1) is 15.3. The molecule has 0 bridgehead atoms. The second-order valence-electron chi connectivity index (χ2n) is 7.18. The van der Waals surface area contributed by atoms with Crippen molar-refractivity contribution >= 4 is 46.6 Å². The Bertz CT molecular complexity index is 1120. The Morgan fingerprint density at radius 1 is 1.06 bits per heavy atom. The van der Waals surface area contributed by atoms with Crippen LogP contribution in [0.4, 0.5) is 11.5 Å². The van der Waals surface area contributed by atoms with E-state index in [0.29, 0.717) is 11.5 Å². The summed E-state index contributed by atoms with van der Waals surface area (Å²) in [7, 11) is 0. The van der Waals surface area contributed by atoms with Crippen LogP contribution in [0.5, 0.6) is 0 Å². The van der Waals surface area contributed by atoms with Crippen LogP contribution in [-0.4, -0.2) is 33.0 Å². The number of aryl methyl sites for hydroxylation is 2. The van der Waals surface area contributed by atoms with Crippen molar-refractivity contribution in [3.8, 4) is 0 Å². The van der Waals surface area contributed by atoms with Gasteiger partial charge in [0.15, 0.2) is 0 Å². The first kappa shape index (κ1) is 23.5. The van der Waals surface area contributed by atoms with Crippen LogP contribution in [0.1, 0.15) is 34.1 Å². The van der Waals surface area contributed by atoms with Gasteiger partial charge in [-0.3, -0.25) is 9.78 Å². The molecule has 0 aliphatic carbocycles. The molecule has 0 saturated heterocycles. The van der Waals surface area contributed by atoms with E-state index in [1.807, 2.05) is 26.0 Å². The number of benzene rings is 1. The molecular weight excluding hydrogens is 451 g/mol. The summed E-state index contributed by atoms with van der Waals surface area (Å²) in [6.07, 6.45) is 3.67. The van der Waals surface area contributed by atoms with Gasteiger partial charge in [0, 0.05) is 30.2 Å². The molecule has 1 aromatic carbocycles. The van der Waals surface area contributed by atoms with E-state index in [-0.39, 0.29) is 22.0 Å². The maximum absolute atomic E-state index is 12.5. The Balaban J connectivity index is 1.71. The Labute approximate surface area is 195 Å². The van der Waals surface area contributed by atoms with Crippen molar-refractivity contribution in [1.82, 2.24) is 9.97 Å². The number of halogens is 2. The van der Waals surface area contributed by atoms with Gasteiger partial charge in [0.05, 0.1) is 15.6 Å². The Hall–Kier alpha value is -3.16. The number of hydrogen-bond donors (Lipinski definition) is 3. The third-order valence-corrected chi connectivity index (χ3v) is 5.41. The summed E-state index contributed by atoms with van der Waals surface area (Å²) >= 11 is 12.1. The summed E-state index contributed by atoms with van der Waals surface area (Å²) in [6, 6.07) is 9.89. The summed E-state index contributed by atoms with van der Waals surface area (Å²) < 4.78 is 0. The van der Waals surface area contributed by atoms with Crippen LogP contribution in [0.2, 0.25) is 10.0 Å². The van der Waals surface area contributed by atoms with Gasteiger partial charge in [-0.1, -0.05) is 48.3 Å². The molecule has 1 atom stereocenters. The van der Waals surface area contributed by atoms with Crippen LogP contribution < -0.4 is 10.6 Å². The van der Waals surface area contributed by atoms with E-state index >= 15 is 0 Å². The molecule has 0 radical (unpaired) electrons. The molecule has 3 N–H and O–H groups in total. The number of amides is 1. The molecule has 1 unspecified atom stereocenters. The van der Waals surface area contributed by atoms with E-state index in [4.69, 9.17) is 23.2 Å². The first-order valence-corrected chi connectivity index (χ1v) is 10.7. The number of carbonyl (C=O) groups excluding carboxylic acids is 1. The number of aromatic nitrogens is 2. The Morgan fingerprint density at radius 2 is 1.72 bits per heavy atom. The van der Waals surface area contributed by atoms with Gasteiger partial charge in [0.1, 0.15) is 11.9 Å². The number of carboxylic acid groups (broad SMARTS) is 1. The van der Waals surface area contributed by atoms with Crippen molar-refractivity contribution in [3.05, 3.63) is 81.2 Å². The van der Waals surface area contributed by atoms with E-state index in [9.17, 15) is 14.7 Å². The molecule has 32 heavy (non-hydrogen) atoms. The number of hydrogen-bond acceptors (Lipinski definition) is 5. The standard InChI is InChI=1S/C23H22Cl2N4O3/c1-3-15-7-4-13(2)27-21(15)29-19(23(31)32)10-14-5-8-16(9-6-14)28-22(30)20-17(24)11-26-12-18(20)25/h4-9,11-12,19H,3,10H2,1-2H3,(H,27,29)(H,28,30)(H,31,32). The van der Waals surface area contributed by atoms with Crippen molar-refractivity contribution in [3.63, 3.8) is 0 Å². The van der Waals surface area contributed by atoms with Gasteiger partial charge in [0.25, 0.3) is 5.91 Å². The van der Waals surface area contributed by atoms with Crippen LogP contribution in [0.25, 0.3) is 0 Å². The number of nitrogens with zero attached hydrogens (tertiary/aromatic N) is 2. The molecule has 0 aliphatic rings. The smallest absolute Gasteiger partial charge is 0.326 e. The fraction of sp³-hybridized carbons (Fsp3) is 0.217. The van der Waals surface area contributed by atoms with Crippen molar-refractivity contribution < 1.29 is 14.7 Å². The summed E-state index contributed by atoms with van der Waals surface area (Å²) in [5.74, 6) is -0.859. The van der Waals surface area contributed by atoms with E-state index < -0.39 is 17.9 Å². The minimum Gasteiger partial charge on any atom is -0.480 e. The number of rotatable bonds is 8. The molecule has 0 aliphatic heterocycles. The molecule has 166 valence electrons. The van der Waals surface area contributed by atoms with Crippen LogP contribution >= 0.6 is 23.2 Å². The van der Waals surface area contributed by atoms with E-state index in [0.717, 1.165) is 23.2 Å². The molecular formula is C23H22Cl2N4O3. The van der Waals surface area contributed by atoms with Gasteiger partial charge in [-0.2, -0.15) is 0 Å². The monoisotopic (exact) mass is 472 g/mol. The number of anilines is 2. The number of carboxylic acids is 1. The average molecular weight is 473 g/mol. The fourth-order valence-corrected chi connectivity index (χ4v) is 3.68. The number of pyridine rings is 2. The highest BCUT2D eigenvalue weighted by atomic mass is 35.5. The lowest BCUT2D eigenvalue weighted by Crippen LogP contribution is -2.32. The number of nitrogens with one attached hydrogen (secondary N) is 2. The second-order valence-corrected chi connectivity index (χ2v) is 8.00. The molecule has 0 fully saturated rings. The molecule has 3 rings (SSSR count). The first-order valence-electron chi connectivity index (χ1n) is 9.93. The molecule has 0 saturated carbocycles. The maximum atomic E-state index is 12.5. The lowest BCUT2D eigenvalue weighted by atomic mass is 10.0. The summed E-state index contributed by atoms with van der Waals surface area (Å²) in [4.78, 5) is 32.6. The summed E-state index contributed by atoms with van der Waals surface area (Å²) in [5.41, 5.74) is 3.21. The zero-order valence-corrected chi connectivity index (χ0v) is 19.0. The van der Waals surface area contributed by atoms with Crippen LogP contribution in [-0.2, 0) is 17.6 Å². The third kappa shape index (κ3) is 5.75. The largest absolute Gasteiger partial charge is 0.480 e. The van der Waals surface area contributed by atoms with E-state index in [2.05, 4.69) is 20.6 Å². The Morgan fingerprint density at radius 3 is 2.31 bits per heavy atom. The van der Waals surface area contributed by atoms with Crippen molar-refractivity contribution in [2.24, 2.45) is 0 Å². The zero-order chi connectivity index (χ0) is 23.3. The highest BCUT2D eigenvalue weighted by Crippen LogP contribution is 2.24.